The van der Waals surface area contributed by atoms with Crippen molar-refractivity contribution in [2.75, 3.05) is 5.32 Å². The van der Waals surface area contributed by atoms with Crippen LogP contribution in [0.4, 0.5) is 5.82 Å². The Labute approximate surface area is 81.4 Å². The van der Waals surface area contributed by atoms with Gasteiger partial charge in [0.1, 0.15) is 11.0 Å². The molecule has 0 unspecified atom stereocenters. The van der Waals surface area contributed by atoms with E-state index in [0.29, 0.717) is 22.6 Å². The summed E-state index contributed by atoms with van der Waals surface area (Å²) >= 11 is 5.73. The summed E-state index contributed by atoms with van der Waals surface area (Å²) in [6.45, 7) is 0. The van der Waals surface area contributed by atoms with Gasteiger partial charge in [-0.3, -0.25) is 0 Å². The van der Waals surface area contributed by atoms with Crippen LogP contribution in [0.2, 0.25) is 5.15 Å². The van der Waals surface area contributed by atoms with Gasteiger partial charge in [0.25, 0.3) is 0 Å². The maximum atomic E-state index is 8.67. The third kappa shape index (κ3) is 2.10. The van der Waals surface area contributed by atoms with E-state index in [4.69, 9.17) is 16.9 Å². The second kappa shape index (κ2) is 3.23. The monoisotopic (exact) mass is 193 g/mol. The second-order valence-electron chi connectivity index (χ2n) is 3.09. The lowest BCUT2D eigenvalue weighted by Gasteiger charge is -2.03. The van der Waals surface area contributed by atoms with Crippen LogP contribution < -0.4 is 5.32 Å². The number of nitrogens with one attached hydrogen (secondary N) is 1. The van der Waals surface area contributed by atoms with Crippen LogP contribution in [0.15, 0.2) is 12.1 Å². The Morgan fingerprint density at radius 2 is 2.31 bits per heavy atom. The van der Waals surface area contributed by atoms with Crippen molar-refractivity contribution in [3.05, 3.63) is 22.8 Å². The molecule has 0 amide bonds. The topological polar surface area (TPSA) is 48.7 Å². The molecule has 1 fully saturated rings. The van der Waals surface area contributed by atoms with Gasteiger partial charge in [-0.1, -0.05) is 11.6 Å². The summed E-state index contributed by atoms with van der Waals surface area (Å²) in [4.78, 5) is 4.07. The summed E-state index contributed by atoms with van der Waals surface area (Å²) in [6, 6.07) is 5.83. The fraction of sp³-hybridized carbons (Fsp3) is 0.333. The predicted molar refractivity (Wildman–Crippen MR) is 50.6 cm³/mol. The summed E-state index contributed by atoms with van der Waals surface area (Å²) in [5.74, 6) is 0.701. The average Bonchev–Trinajstić information content (AvgIpc) is 2.87. The molecule has 1 saturated carbocycles. The van der Waals surface area contributed by atoms with Crippen molar-refractivity contribution in [3.63, 3.8) is 0 Å². The Morgan fingerprint density at radius 3 is 2.92 bits per heavy atom. The molecule has 1 heterocycles. The zero-order valence-corrected chi connectivity index (χ0v) is 7.67. The van der Waals surface area contributed by atoms with Gasteiger partial charge in [-0.05, 0) is 25.0 Å². The molecule has 1 aromatic rings. The van der Waals surface area contributed by atoms with E-state index in [1.165, 1.54) is 12.8 Å². The summed E-state index contributed by atoms with van der Waals surface area (Å²) in [5, 5.41) is 12.2. The molecule has 1 aromatic heterocycles. The molecular formula is C9H8ClN3. The van der Waals surface area contributed by atoms with Gasteiger partial charge < -0.3 is 5.32 Å². The molecule has 66 valence electrons. The Bertz CT molecular complexity index is 366. The van der Waals surface area contributed by atoms with Crippen LogP contribution >= 0.6 is 11.6 Å². The molecule has 13 heavy (non-hydrogen) atoms. The van der Waals surface area contributed by atoms with Gasteiger partial charge >= 0.3 is 0 Å². The van der Waals surface area contributed by atoms with Gasteiger partial charge in [-0.15, -0.1) is 0 Å². The molecule has 0 atom stereocenters. The van der Waals surface area contributed by atoms with Crippen molar-refractivity contribution in [2.45, 2.75) is 18.9 Å². The molecule has 1 N–H and O–H groups in total. The number of nitrogens with zero attached hydrogens (tertiary/aromatic N) is 2. The SMILES string of the molecule is N#Cc1cc(Cl)nc(NC2CC2)c1. The molecule has 2 rings (SSSR count). The number of hydrogen-bond donors (Lipinski definition) is 1. The van der Waals surface area contributed by atoms with E-state index in [2.05, 4.69) is 10.3 Å². The molecular weight excluding hydrogens is 186 g/mol. The molecule has 0 bridgehead atoms. The maximum absolute atomic E-state index is 8.67. The van der Waals surface area contributed by atoms with Crippen LogP contribution in [0, 0.1) is 11.3 Å². The van der Waals surface area contributed by atoms with Crippen molar-refractivity contribution in [3.8, 4) is 6.07 Å². The first kappa shape index (κ1) is 8.33. The van der Waals surface area contributed by atoms with Crippen molar-refractivity contribution in [1.29, 1.82) is 5.26 Å². The van der Waals surface area contributed by atoms with E-state index in [-0.39, 0.29) is 0 Å². The molecule has 0 spiro atoms. The van der Waals surface area contributed by atoms with Gasteiger partial charge in [0.15, 0.2) is 0 Å². The fourth-order valence-corrected chi connectivity index (χ4v) is 1.28. The highest BCUT2D eigenvalue weighted by molar-refractivity contribution is 6.29. The second-order valence-corrected chi connectivity index (χ2v) is 3.48. The highest BCUT2D eigenvalue weighted by atomic mass is 35.5. The highest BCUT2D eigenvalue weighted by Crippen LogP contribution is 2.24. The van der Waals surface area contributed by atoms with Gasteiger partial charge in [0.2, 0.25) is 0 Å². The van der Waals surface area contributed by atoms with Crippen molar-refractivity contribution >= 4 is 17.4 Å². The minimum absolute atomic E-state index is 0.363. The molecule has 0 aliphatic heterocycles. The Kier molecular flexibility index (Phi) is 2.07. The summed E-state index contributed by atoms with van der Waals surface area (Å²) in [7, 11) is 0. The van der Waals surface area contributed by atoms with E-state index < -0.39 is 0 Å². The first-order valence-corrected chi connectivity index (χ1v) is 4.50. The molecule has 0 aromatic carbocycles. The third-order valence-electron chi connectivity index (χ3n) is 1.85. The van der Waals surface area contributed by atoms with E-state index in [9.17, 15) is 0 Å². The molecule has 0 radical (unpaired) electrons. The van der Waals surface area contributed by atoms with E-state index in [0.717, 1.165) is 0 Å². The van der Waals surface area contributed by atoms with Crippen molar-refractivity contribution in [1.82, 2.24) is 4.98 Å². The smallest absolute Gasteiger partial charge is 0.132 e. The number of hydrogen-bond acceptors (Lipinski definition) is 3. The van der Waals surface area contributed by atoms with Crippen LogP contribution in [-0.2, 0) is 0 Å². The van der Waals surface area contributed by atoms with E-state index in [1.54, 1.807) is 12.1 Å². The number of nitriles is 1. The Hall–Kier alpha value is -1.27. The van der Waals surface area contributed by atoms with Gasteiger partial charge in [0.05, 0.1) is 11.6 Å². The molecule has 1 aliphatic rings. The normalized spacial score (nSPS) is 15.1. The van der Waals surface area contributed by atoms with Crippen LogP contribution in [0.25, 0.3) is 0 Å². The molecule has 1 aliphatic carbocycles. The predicted octanol–water partition coefficient (Wildman–Crippen LogP) is 2.18. The maximum Gasteiger partial charge on any atom is 0.132 e. The first-order chi connectivity index (χ1) is 6.28. The molecule has 3 nitrogen and oxygen atoms in total. The number of anilines is 1. The Balaban J connectivity index is 2.24. The average molecular weight is 194 g/mol. The van der Waals surface area contributed by atoms with Gasteiger partial charge in [-0.25, -0.2) is 4.98 Å². The van der Waals surface area contributed by atoms with Gasteiger partial charge in [0, 0.05) is 6.04 Å². The summed E-state index contributed by atoms with van der Waals surface area (Å²) in [5.41, 5.74) is 0.545. The molecule has 4 heteroatoms. The quantitative estimate of drug-likeness (QED) is 0.733. The minimum Gasteiger partial charge on any atom is -0.367 e. The first-order valence-electron chi connectivity index (χ1n) is 4.12. The lowest BCUT2D eigenvalue weighted by molar-refractivity contribution is 1.11. The van der Waals surface area contributed by atoms with Crippen molar-refractivity contribution < 1.29 is 0 Å². The number of rotatable bonds is 2. The van der Waals surface area contributed by atoms with E-state index >= 15 is 0 Å². The fourth-order valence-electron chi connectivity index (χ4n) is 1.07. The van der Waals surface area contributed by atoms with Crippen LogP contribution in [-0.4, -0.2) is 11.0 Å². The van der Waals surface area contributed by atoms with Crippen LogP contribution in [0.3, 0.4) is 0 Å². The Morgan fingerprint density at radius 1 is 1.54 bits per heavy atom. The lowest BCUT2D eigenvalue weighted by atomic mass is 10.3. The number of halogens is 1. The third-order valence-corrected chi connectivity index (χ3v) is 2.05. The lowest BCUT2D eigenvalue weighted by Crippen LogP contribution is -2.03. The minimum atomic E-state index is 0.363. The number of pyridine rings is 1. The zero-order valence-electron chi connectivity index (χ0n) is 6.92. The van der Waals surface area contributed by atoms with E-state index in [1.807, 2.05) is 6.07 Å². The largest absolute Gasteiger partial charge is 0.367 e. The van der Waals surface area contributed by atoms with Crippen molar-refractivity contribution in [2.24, 2.45) is 0 Å². The highest BCUT2D eigenvalue weighted by Gasteiger charge is 2.21. The van der Waals surface area contributed by atoms with Crippen LogP contribution in [0.5, 0.6) is 0 Å². The standard InChI is InChI=1S/C9H8ClN3/c10-8-3-6(5-11)4-9(13-8)12-7-1-2-7/h3-4,7H,1-2H2,(H,12,13). The summed E-state index contributed by atoms with van der Waals surface area (Å²) < 4.78 is 0. The zero-order chi connectivity index (χ0) is 9.26. The molecule has 0 saturated heterocycles. The van der Waals surface area contributed by atoms with Crippen LogP contribution in [0.1, 0.15) is 18.4 Å². The summed E-state index contributed by atoms with van der Waals surface area (Å²) in [6.07, 6.45) is 2.35. The van der Waals surface area contributed by atoms with Gasteiger partial charge in [-0.2, -0.15) is 5.26 Å². The number of aromatic nitrogens is 1.